The van der Waals surface area contributed by atoms with E-state index in [0.29, 0.717) is 0 Å². The lowest BCUT2D eigenvalue weighted by molar-refractivity contribution is 0.302. The van der Waals surface area contributed by atoms with Gasteiger partial charge in [0.2, 0.25) is 0 Å². The second-order valence-electron chi connectivity index (χ2n) is 4.66. The second-order valence-corrected chi connectivity index (χ2v) is 5.64. The summed E-state index contributed by atoms with van der Waals surface area (Å²) in [5, 5.41) is 14.5. The second kappa shape index (κ2) is 5.53. The van der Waals surface area contributed by atoms with E-state index in [0.717, 1.165) is 25.4 Å². The van der Waals surface area contributed by atoms with Crippen molar-refractivity contribution in [2.24, 2.45) is 5.92 Å². The van der Waals surface area contributed by atoms with Gasteiger partial charge in [-0.3, -0.25) is 0 Å². The maximum absolute atomic E-state index is 4.36. The van der Waals surface area contributed by atoms with Crippen molar-refractivity contribution >= 4 is 11.3 Å². The maximum Gasteiger partial charge on any atom is 0.138 e. The molecule has 0 bridgehead atoms. The summed E-state index contributed by atoms with van der Waals surface area (Å²) in [6.07, 6.45) is 5.96. The van der Waals surface area contributed by atoms with Crippen LogP contribution in [-0.4, -0.2) is 49.7 Å². The van der Waals surface area contributed by atoms with Crippen LogP contribution in [0.25, 0.3) is 0 Å². The quantitative estimate of drug-likeness (QED) is 0.795. The van der Waals surface area contributed by atoms with Crippen LogP contribution in [0.1, 0.15) is 11.4 Å². The third kappa shape index (κ3) is 2.91. The summed E-state index contributed by atoms with van der Waals surface area (Å²) in [5.74, 6) is 0.755. The Hall–Kier alpha value is -1.34. The third-order valence-electron chi connectivity index (χ3n) is 3.35. The van der Waals surface area contributed by atoms with E-state index in [1.807, 2.05) is 6.20 Å². The van der Waals surface area contributed by atoms with Crippen molar-refractivity contribution in [2.75, 3.05) is 19.6 Å². The first-order chi connectivity index (χ1) is 8.90. The lowest BCUT2D eigenvalue weighted by Crippen LogP contribution is -2.25. The number of aromatic nitrogens is 5. The number of rotatable bonds is 5. The lowest BCUT2D eigenvalue weighted by atomic mass is 10.1. The van der Waals surface area contributed by atoms with Crippen molar-refractivity contribution in [3.63, 3.8) is 0 Å². The Morgan fingerprint density at radius 1 is 1.39 bits per heavy atom. The zero-order chi connectivity index (χ0) is 12.2. The minimum Gasteiger partial charge on any atom is -0.301 e. The molecule has 6 nitrogen and oxygen atoms in total. The number of tetrazole rings is 1. The molecule has 2 aromatic heterocycles. The molecule has 1 saturated heterocycles. The summed E-state index contributed by atoms with van der Waals surface area (Å²) in [7, 11) is 0. The average Bonchev–Trinajstić information content (AvgIpc) is 3.09. The number of nitrogens with zero attached hydrogens (tertiary/aromatic N) is 6. The first-order valence-corrected chi connectivity index (χ1v) is 7.09. The molecule has 3 heterocycles. The van der Waals surface area contributed by atoms with Crippen molar-refractivity contribution in [1.82, 2.24) is 30.1 Å². The van der Waals surface area contributed by atoms with Gasteiger partial charge < -0.3 is 4.90 Å². The van der Waals surface area contributed by atoms with Gasteiger partial charge in [0.25, 0.3) is 0 Å². The molecule has 2 aromatic rings. The predicted molar refractivity (Wildman–Crippen MR) is 68.2 cm³/mol. The Morgan fingerprint density at radius 3 is 3.17 bits per heavy atom. The van der Waals surface area contributed by atoms with Crippen LogP contribution in [0.2, 0.25) is 0 Å². The third-order valence-corrected chi connectivity index (χ3v) is 4.16. The van der Waals surface area contributed by atoms with E-state index in [1.54, 1.807) is 22.3 Å². The summed E-state index contributed by atoms with van der Waals surface area (Å²) in [6.45, 7) is 4.25. The highest BCUT2D eigenvalue weighted by atomic mass is 32.1. The van der Waals surface area contributed by atoms with Crippen molar-refractivity contribution in [3.8, 4) is 0 Å². The van der Waals surface area contributed by atoms with E-state index >= 15 is 0 Å². The number of likely N-dealkylation sites (tertiary alicyclic amines) is 1. The van der Waals surface area contributed by atoms with Gasteiger partial charge in [0.15, 0.2) is 0 Å². The Morgan fingerprint density at radius 2 is 2.39 bits per heavy atom. The highest BCUT2D eigenvalue weighted by Gasteiger charge is 2.23. The highest BCUT2D eigenvalue weighted by Crippen LogP contribution is 2.21. The Balaban J connectivity index is 1.44. The molecule has 1 aliphatic heterocycles. The molecule has 0 spiro atoms. The van der Waals surface area contributed by atoms with Gasteiger partial charge in [0.1, 0.15) is 6.33 Å². The summed E-state index contributed by atoms with van der Waals surface area (Å²) < 4.78 is 1.79. The predicted octanol–water partition coefficient (Wildman–Crippen LogP) is 0.694. The molecule has 1 aliphatic rings. The van der Waals surface area contributed by atoms with Crippen LogP contribution >= 0.6 is 11.3 Å². The summed E-state index contributed by atoms with van der Waals surface area (Å²) in [4.78, 5) is 6.85. The number of hydrogen-bond acceptors (Lipinski definition) is 6. The van der Waals surface area contributed by atoms with Crippen LogP contribution in [0.4, 0.5) is 0 Å². The van der Waals surface area contributed by atoms with E-state index in [1.165, 1.54) is 24.5 Å². The summed E-state index contributed by atoms with van der Waals surface area (Å²) in [6, 6.07) is 0. The molecule has 0 amide bonds. The zero-order valence-corrected chi connectivity index (χ0v) is 11.0. The largest absolute Gasteiger partial charge is 0.301 e. The molecule has 3 rings (SSSR count). The summed E-state index contributed by atoms with van der Waals surface area (Å²) >= 11 is 1.76. The van der Waals surface area contributed by atoms with Crippen molar-refractivity contribution < 1.29 is 0 Å². The Bertz CT molecular complexity index is 454. The fourth-order valence-corrected chi connectivity index (χ4v) is 3.14. The van der Waals surface area contributed by atoms with Crippen molar-refractivity contribution in [1.29, 1.82) is 0 Å². The van der Waals surface area contributed by atoms with Crippen molar-refractivity contribution in [2.45, 2.75) is 19.4 Å². The fourth-order valence-electron chi connectivity index (χ4n) is 2.41. The minimum atomic E-state index is 0.755. The number of thiazole rings is 1. The Labute approximate surface area is 110 Å². The molecule has 18 heavy (non-hydrogen) atoms. The molecule has 0 saturated carbocycles. The van der Waals surface area contributed by atoms with Crippen molar-refractivity contribution in [3.05, 3.63) is 22.9 Å². The normalized spacial score (nSPS) is 20.6. The fraction of sp³-hybridized carbons (Fsp3) is 0.636. The topological polar surface area (TPSA) is 59.7 Å². The monoisotopic (exact) mass is 264 g/mol. The first-order valence-electron chi connectivity index (χ1n) is 6.21. The van der Waals surface area contributed by atoms with Gasteiger partial charge in [-0.2, -0.15) is 0 Å². The maximum atomic E-state index is 4.36. The van der Waals surface area contributed by atoms with Gasteiger partial charge in [0.05, 0.1) is 11.6 Å². The number of hydrogen-bond donors (Lipinski definition) is 0. The van der Waals surface area contributed by atoms with Crippen LogP contribution in [0.3, 0.4) is 0 Å². The average molecular weight is 264 g/mol. The molecule has 0 radical (unpaired) electrons. The van der Waals surface area contributed by atoms with E-state index in [9.17, 15) is 0 Å². The summed E-state index contributed by atoms with van der Waals surface area (Å²) in [5.41, 5.74) is 0. The van der Waals surface area contributed by atoms with Crippen LogP contribution in [0.5, 0.6) is 0 Å². The van der Waals surface area contributed by atoms with E-state index in [-0.39, 0.29) is 0 Å². The minimum absolute atomic E-state index is 0.755. The molecule has 7 heteroatoms. The van der Waals surface area contributed by atoms with Crippen LogP contribution in [0, 0.1) is 5.92 Å². The molecule has 1 fully saturated rings. The van der Waals surface area contributed by atoms with Gasteiger partial charge >= 0.3 is 0 Å². The zero-order valence-electron chi connectivity index (χ0n) is 10.1. The first kappa shape index (κ1) is 11.7. The smallest absolute Gasteiger partial charge is 0.138 e. The molecule has 0 aromatic carbocycles. The van der Waals surface area contributed by atoms with Crippen LogP contribution in [0.15, 0.2) is 17.9 Å². The molecule has 0 aliphatic carbocycles. The van der Waals surface area contributed by atoms with Crippen LogP contribution in [-0.2, 0) is 13.0 Å². The SMILES string of the molecule is c1csc(CC2CCN(CCn3cnnn3)C2)n1. The molecular weight excluding hydrogens is 248 g/mol. The van der Waals surface area contributed by atoms with Gasteiger partial charge in [-0.15, -0.1) is 16.4 Å². The lowest BCUT2D eigenvalue weighted by Gasteiger charge is -2.15. The standard InChI is InChI=1S/C11H16N6S/c1-3-16(4-5-17-9-13-14-15-17)8-10(1)7-11-12-2-6-18-11/h2,6,9-10H,1,3-5,7-8H2. The molecule has 0 N–H and O–H groups in total. The van der Waals surface area contributed by atoms with Crippen LogP contribution < -0.4 is 0 Å². The van der Waals surface area contributed by atoms with Gasteiger partial charge in [0, 0.05) is 31.1 Å². The molecule has 96 valence electrons. The molecule has 1 atom stereocenters. The van der Waals surface area contributed by atoms with Gasteiger partial charge in [-0.05, 0) is 29.3 Å². The van der Waals surface area contributed by atoms with Gasteiger partial charge in [-0.1, -0.05) is 0 Å². The van der Waals surface area contributed by atoms with E-state index < -0.39 is 0 Å². The van der Waals surface area contributed by atoms with E-state index in [4.69, 9.17) is 0 Å². The van der Waals surface area contributed by atoms with Gasteiger partial charge in [-0.25, -0.2) is 9.67 Å². The molecular formula is C11H16N6S. The Kier molecular flexibility index (Phi) is 3.61. The van der Waals surface area contributed by atoms with E-state index in [2.05, 4.69) is 30.8 Å². The molecule has 1 unspecified atom stereocenters. The highest BCUT2D eigenvalue weighted by molar-refractivity contribution is 7.09.